The van der Waals surface area contributed by atoms with Gasteiger partial charge >= 0.3 is 5.97 Å². The van der Waals surface area contributed by atoms with Gasteiger partial charge in [-0.3, -0.25) is 4.79 Å². The van der Waals surface area contributed by atoms with Crippen molar-refractivity contribution in [1.29, 1.82) is 0 Å². The van der Waals surface area contributed by atoms with Crippen LogP contribution < -0.4 is 0 Å². The lowest BCUT2D eigenvalue weighted by Gasteiger charge is -2.11. The van der Waals surface area contributed by atoms with E-state index in [9.17, 15) is 9.90 Å². The number of carboxylic acid groups (broad SMARTS) is 1. The Balaban J connectivity index is 2.30. The molecule has 1 heterocycles. The standard InChI is InChI=1S/C23H23NO2/c1-3-16-24-17(2)22(18-10-6-4-7-11-18)23(19-12-8-5-9-13-19)20(24)14-15-21(25)26/h3-13H,1,14-16H2,2H3,(H,25,26). The zero-order valence-electron chi connectivity index (χ0n) is 15.0. The summed E-state index contributed by atoms with van der Waals surface area (Å²) in [5, 5.41) is 9.22. The first-order valence-electron chi connectivity index (χ1n) is 8.79. The van der Waals surface area contributed by atoms with Gasteiger partial charge in [0.1, 0.15) is 0 Å². The van der Waals surface area contributed by atoms with Crippen LogP contribution in [0.4, 0.5) is 0 Å². The number of aromatic nitrogens is 1. The molecule has 0 fully saturated rings. The SMILES string of the molecule is C=CCn1c(C)c(-c2ccccc2)c(-c2ccccc2)c1CCC(=O)O. The Kier molecular flexibility index (Phi) is 5.37. The summed E-state index contributed by atoms with van der Waals surface area (Å²) in [6, 6.07) is 20.5. The molecule has 1 N–H and O–H groups in total. The van der Waals surface area contributed by atoms with Gasteiger partial charge in [-0.2, -0.15) is 0 Å². The third-order valence-electron chi connectivity index (χ3n) is 4.64. The lowest BCUT2D eigenvalue weighted by Crippen LogP contribution is -2.07. The Morgan fingerprint density at radius 1 is 1.00 bits per heavy atom. The van der Waals surface area contributed by atoms with Gasteiger partial charge in [-0.25, -0.2) is 0 Å². The molecule has 3 nitrogen and oxygen atoms in total. The summed E-state index contributed by atoms with van der Waals surface area (Å²) in [5.41, 5.74) is 6.72. The molecule has 132 valence electrons. The Hall–Kier alpha value is -3.07. The molecule has 0 spiro atoms. The normalized spacial score (nSPS) is 10.7. The number of benzene rings is 2. The van der Waals surface area contributed by atoms with Crippen molar-refractivity contribution in [2.24, 2.45) is 0 Å². The van der Waals surface area contributed by atoms with Crippen molar-refractivity contribution in [2.75, 3.05) is 0 Å². The maximum absolute atomic E-state index is 11.2. The van der Waals surface area contributed by atoms with E-state index in [0.717, 1.165) is 28.1 Å². The molecule has 0 bridgehead atoms. The van der Waals surface area contributed by atoms with E-state index < -0.39 is 5.97 Å². The molecule has 0 unspecified atom stereocenters. The number of aliphatic carboxylic acids is 1. The van der Waals surface area contributed by atoms with E-state index in [2.05, 4.69) is 42.3 Å². The van der Waals surface area contributed by atoms with E-state index >= 15 is 0 Å². The zero-order chi connectivity index (χ0) is 18.5. The average Bonchev–Trinajstić information content (AvgIpc) is 2.94. The van der Waals surface area contributed by atoms with Crippen LogP contribution in [0.2, 0.25) is 0 Å². The van der Waals surface area contributed by atoms with Crippen LogP contribution in [-0.4, -0.2) is 15.6 Å². The van der Waals surface area contributed by atoms with Crippen molar-refractivity contribution in [3.05, 3.63) is 84.7 Å². The van der Waals surface area contributed by atoms with Gasteiger partial charge in [-0.1, -0.05) is 66.7 Å². The summed E-state index contributed by atoms with van der Waals surface area (Å²) in [7, 11) is 0. The van der Waals surface area contributed by atoms with Crippen LogP contribution >= 0.6 is 0 Å². The van der Waals surface area contributed by atoms with E-state index in [1.54, 1.807) is 0 Å². The third kappa shape index (κ3) is 3.47. The van der Waals surface area contributed by atoms with Crippen LogP contribution in [0.3, 0.4) is 0 Å². The molecule has 0 amide bonds. The summed E-state index contributed by atoms with van der Waals surface area (Å²) in [4.78, 5) is 11.2. The second kappa shape index (κ2) is 7.87. The van der Waals surface area contributed by atoms with Crippen molar-refractivity contribution >= 4 is 5.97 Å². The Bertz CT molecular complexity index is 908. The van der Waals surface area contributed by atoms with Crippen LogP contribution in [-0.2, 0) is 17.8 Å². The first kappa shape index (κ1) is 17.7. The molecule has 0 aliphatic carbocycles. The van der Waals surface area contributed by atoms with Crippen molar-refractivity contribution in [2.45, 2.75) is 26.3 Å². The van der Waals surface area contributed by atoms with Crippen LogP contribution in [0.15, 0.2) is 73.3 Å². The second-order valence-electron chi connectivity index (χ2n) is 6.31. The molecule has 1 aromatic heterocycles. The minimum atomic E-state index is -0.783. The fourth-order valence-corrected chi connectivity index (χ4v) is 3.53. The molecule has 2 aromatic carbocycles. The quantitative estimate of drug-likeness (QED) is 0.588. The molecule has 0 saturated carbocycles. The van der Waals surface area contributed by atoms with Gasteiger partial charge in [0.05, 0.1) is 6.42 Å². The van der Waals surface area contributed by atoms with Gasteiger partial charge in [0.25, 0.3) is 0 Å². The summed E-state index contributed by atoms with van der Waals surface area (Å²) in [6.45, 7) is 6.64. The molecule has 0 saturated heterocycles. The molecule has 3 heteroatoms. The summed E-state index contributed by atoms with van der Waals surface area (Å²) in [6.07, 6.45) is 2.45. The van der Waals surface area contributed by atoms with Crippen LogP contribution in [0.25, 0.3) is 22.3 Å². The van der Waals surface area contributed by atoms with Crippen molar-refractivity contribution in [1.82, 2.24) is 4.57 Å². The van der Waals surface area contributed by atoms with Crippen molar-refractivity contribution in [3.63, 3.8) is 0 Å². The number of hydrogen-bond acceptors (Lipinski definition) is 1. The molecule has 26 heavy (non-hydrogen) atoms. The van der Waals surface area contributed by atoms with E-state index in [1.807, 2.05) is 42.5 Å². The van der Waals surface area contributed by atoms with E-state index in [1.165, 1.54) is 5.56 Å². The van der Waals surface area contributed by atoms with Gasteiger partial charge in [-0.15, -0.1) is 6.58 Å². The minimum Gasteiger partial charge on any atom is -0.481 e. The highest BCUT2D eigenvalue weighted by Crippen LogP contribution is 2.40. The zero-order valence-corrected chi connectivity index (χ0v) is 15.0. The van der Waals surface area contributed by atoms with E-state index in [-0.39, 0.29) is 6.42 Å². The molecular weight excluding hydrogens is 322 g/mol. The Morgan fingerprint density at radius 2 is 1.54 bits per heavy atom. The van der Waals surface area contributed by atoms with Gasteiger partial charge in [0.15, 0.2) is 0 Å². The van der Waals surface area contributed by atoms with Gasteiger partial charge < -0.3 is 9.67 Å². The number of carboxylic acids is 1. The number of rotatable bonds is 7. The number of hydrogen-bond donors (Lipinski definition) is 1. The number of carbonyl (C=O) groups is 1. The molecular formula is C23H23NO2. The molecule has 0 radical (unpaired) electrons. The second-order valence-corrected chi connectivity index (χ2v) is 6.31. The molecule has 3 rings (SSSR count). The van der Waals surface area contributed by atoms with Crippen LogP contribution in [0.5, 0.6) is 0 Å². The number of nitrogens with zero attached hydrogens (tertiary/aromatic N) is 1. The summed E-state index contributed by atoms with van der Waals surface area (Å²) in [5.74, 6) is -0.783. The van der Waals surface area contributed by atoms with Gasteiger partial charge in [0, 0.05) is 29.1 Å². The molecule has 3 aromatic rings. The Morgan fingerprint density at radius 3 is 2.04 bits per heavy atom. The molecule has 0 aliphatic heterocycles. The highest BCUT2D eigenvalue weighted by atomic mass is 16.4. The highest BCUT2D eigenvalue weighted by Gasteiger charge is 2.22. The van der Waals surface area contributed by atoms with E-state index in [4.69, 9.17) is 0 Å². The van der Waals surface area contributed by atoms with Gasteiger partial charge in [-0.05, 0) is 24.5 Å². The molecule has 0 aliphatic rings. The maximum Gasteiger partial charge on any atom is 0.303 e. The first-order valence-corrected chi connectivity index (χ1v) is 8.79. The largest absolute Gasteiger partial charge is 0.481 e. The summed E-state index contributed by atoms with van der Waals surface area (Å²) >= 11 is 0. The predicted molar refractivity (Wildman–Crippen MR) is 106 cm³/mol. The smallest absolute Gasteiger partial charge is 0.303 e. The highest BCUT2D eigenvalue weighted by molar-refractivity contribution is 5.88. The molecule has 0 atom stereocenters. The fraction of sp³-hybridized carbons (Fsp3) is 0.174. The fourth-order valence-electron chi connectivity index (χ4n) is 3.53. The van der Waals surface area contributed by atoms with Crippen molar-refractivity contribution < 1.29 is 9.90 Å². The lowest BCUT2D eigenvalue weighted by molar-refractivity contribution is -0.136. The predicted octanol–water partition coefficient (Wildman–Crippen LogP) is 5.33. The lowest BCUT2D eigenvalue weighted by atomic mass is 9.94. The number of allylic oxidation sites excluding steroid dienone is 1. The average molecular weight is 345 g/mol. The topological polar surface area (TPSA) is 42.2 Å². The van der Waals surface area contributed by atoms with Gasteiger partial charge in [0.2, 0.25) is 0 Å². The van der Waals surface area contributed by atoms with Crippen LogP contribution in [0, 0.1) is 6.92 Å². The maximum atomic E-state index is 11.2. The van der Waals surface area contributed by atoms with Crippen molar-refractivity contribution in [3.8, 4) is 22.3 Å². The Labute approximate surface area is 154 Å². The minimum absolute atomic E-state index is 0.106. The van der Waals surface area contributed by atoms with E-state index in [0.29, 0.717) is 13.0 Å². The monoisotopic (exact) mass is 345 g/mol. The third-order valence-corrected chi connectivity index (χ3v) is 4.64. The summed E-state index contributed by atoms with van der Waals surface area (Å²) < 4.78 is 2.20. The first-order chi connectivity index (χ1) is 12.6. The van der Waals surface area contributed by atoms with Crippen LogP contribution in [0.1, 0.15) is 17.8 Å².